The Bertz CT molecular complexity index is 428. The van der Waals surface area contributed by atoms with Gasteiger partial charge >= 0.3 is 5.97 Å². The van der Waals surface area contributed by atoms with Crippen LogP contribution in [0.5, 0.6) is 0 Å². The van der Waals surface area contributed by atoms with Crippen LogP contribution in [0.15, 0.2) is 18.9 Å². The summed E-state index contributed by atoms with van der Waals surface area (Å²) in [5.41, 5.74) is 5.84. The SMILES string of the molecule is C=CC(=O)NCc1cn(CC(N)C(=O)O)nn1. The molecule has 0 aliphatic rings. The van der Waals surface area contributed by atoms with Gasteiger partial charge in [0.2, 0.25) is 5.91 Å². The number of carboxylic acid groups (broad SMARTS) is 1. The fourth-order valence-electron chi connectivity index (χ4n) is 1.04. The maximum Gasteiger partial charge on any atom is 0.322 e. The number of carbonyl (C=O) groups is 2. The third-order valence-electron chi connectivity index (χ3n) is 1.92. The molecule has 0 aliphatic heterocycles. The first kappa shape index (κ1) is 12.8. The molecule has 1 heterocycles. The molecule has 0 radical (unpaired) electrons. The van der Waals surface area contributed by atoms with Crippen molar-refractivity contribution in [2.75, 3.05) is 0 Å². The van der Waals surface area contributed by atoms with Crippen LogP contribution >= 0.6 is 0 Å². The Morgan fingerprint density at radius 1 is 1.71 bits per heavy atom. The average Bonchev–Trinajstić information content (AvgIpc) is 2.73. The standard InChI is InChI=1S/C9H13N5O3/c1-2-8(15)11-3-6-4-14(13-12-6)5-7(10)9(16)17/h2,4,7H,1,3,5,10H2,(H,11,15)(H,16,17). The van der Waals surface area contributed by atoms with Crippen molar-refractivity contribution in [3.8, 4) is 0 Å². The van der Waals surface area contributed by atoms with Crippen molar-refractivity contribution >= 4 is 11.9 Å². The first-order valence-corrected chi connectivity index (χ1v) is 4.80. The Morgan fingerprint density at radius 2 is 2.41 bits per heavy atom. The summed E-state index contributed by atoms with van der Waals surface area (Å²) in [6, 6.07) is -1.03. The molecule has 8 heteroatoms. The highest BCUT2D eigenvalue weighted by Gasteiger charge is 2.13. The highest BCUT2D eigenvalue weighted by Crippen LogP contribution is 1.94. The number of hydrogen-bond donors (Lipinski definition) is 3. The third kappa shape index (κ3) is 4.03. The van der Waals surface area contributed by atoms with E-state index in [9.17, 15) is 9.59 Å². The van der Waals surface area contributed by atoms with Gasteiger partial charge in [0.05, 0.1) is 19.3 Å². The number of carboxylic acids is 1. The number of rotatable bonds is 6. The maximum absolute atomic E-state index is 10.9. The Morgan fingerprint density at radius 3 is 3.00 bits per heavy atom. The van der Waals surface area contributed by atoms with Crippen molar-refractivity contribution < 1.29 is 14.7 Å². The van der Waals surface area contributed by atoms with Crippen molar-refractivity contribution in [2.24, 2.45) is 5.73 Å². The molecule has 8 nitrogen and oxygen atoms in total. The normalized spacial score (nSPS) is 11.8. The summed E-state index contributed by atoms with van der Waals surface area (Å²) in [4.78, 5) is 21.4. The van der Waals surface area contributed by atoms with Crippen molar-refractivity contribution in [2.45, 2.75) is 19.1 Å². The van der Waals surface area contributed by atoms with E-state index in [1.807, 2.05) is 0 Å². The Balaban J connectivity index is 2.50. The highest BCUT2D eigenvalue weighted by molar-refractivity contribution is 5.86. The maximum atomic E-state index is 10.9. The van der Waals surface area contributed by atoms with Gasteiger partial charge in [-0.3, -0.25) is 14.3 Å². The number of nitrogens with zero attached hydrogens (tertiary/aromatic N) is 3. The number of carbonyl (C=O) groups excluding carboxylic acids is 1. The third-order valence-corrected chi connectivity index (χ3v) is 1.92. The van der Waals surface area contributed by atoms with E-state index in [0.717, 1.165) is 6.08 Å². The summed E-state index contributed by atoms with van der Waals surface area (Å²) in [5, 5.41) is 18.6. The fraction of sp³-hybridized carbons (Fsp3) is 0.333. The Labute approximate surface area is 97.1 Å². The van der Waals surface area contributed by atoms with Gasteiger partial charge < -0.3 is 16.2 Å². The van der Waals surface area contributed by atoms with E-state index in [0.29, 0.717) is 5.69 Å². The van der Waals surface area contributed by atoms with Crippen molar-refractivity contribution in [1.82, 2.24) is 20.3 Å². The minimum atomic E-state index is -1.11. The quantitative estimate of drug-likeness (QED) is 0.519. The molecule has 0 saturated carbocycles. The van der Waals surface area contributed by atoms with Crippen molar-refractivity contribution in [1.29, 1.82) is 0 Å². The second-order valence-corrected chi connectivity index (χ2v) is 3.30. The van der Waals surface area contributed by atoms with E-state index in [1.165, 1.54) is 10.9 Å². The number of hydrogen-bond acceptors (Lipinski definition) is 5. The van der Waals surface area contributed by atoms with Gasteiger partial charge in [0, 0.05) is 0 Å². The molecule has 0 saturated heterocycles. The number of nitrogens with one attached hydrogen (secondary N) is 1. The molecule has 17 heavy (non-hydrogen) atoms. The molecule has 0 aromatic carbocycles. The zero-order valence-electron chi connectivity index (χ0n) is 9.04. The van der Waals surface area contributed by atoms with Gasteiger partial charge in [-0.15, -0.1) is 5.10 Å². The number of aromatic nitrogens is 3. The molecule has 4 N–H and O–H groups in total. The monoisotopic (exact) mass is 239 g/mol. The lowest BCUT2D eigenvalue weighted by Crippen LogP contribution is -2.34. The van der Waals surface area contributed by atoms with E-state index >= 15 is 0 Å². The van der Waals surface area contributed by atoms with Gasteiger partial charge in [-0.05, 0) is 6.08 Å². The Kier molecular flexibility index (Phi) is 4.35. The van der Waals surface area contributed by atoms with E-state index in [-0.39, 0.29) is 19.0 Å². The first-order chi connectivity index (χ1) is 8.02. The molecule has 1 unspecified atom stereocenters. The zero-order chi connectivity index (χ0) is 12.8. The van der Waals surface area contributed by atoms with Gasteiger partial charge in [-0.1, -0.05) is 11.8 Å². The number of nitrogens with two attached hydrogens (primary N) is 1. The van der Waals surface area contributed by atoms with E-state index in [1.54, 1.807) is 0 Å². The number of aliphatic carboxylic acids is 1. The molecule has 0 spiro atoms. The summed E-state index contributed by atoms with van der Waals surface area (Å²) in [6.07, 6.45) is 2.66. The first-order valence-electron chi connectivity index (χ1n) is 4.80. The summed E-state index contributed by atoms with van der Waals surface area (Å²) >= 11 is 0. The smallest absolute Gasteiger partial charge is 0.322 e. The van der Waals surface area contributed by atoms with E-state index < -0.39 is 12.0 Å². The summed E-state index contributed by atoms with van der Waals surface area (Å²) in [5.74, 6) is -1.43. The largest absolute Gasteiger partial charge is 0.480 e. The predicted molar refractivity (Wildman–Crippen MR) is 57.7 cm³/mol. The van der Waals surface area contributed by atoms with Crippen LogP contribution in [0.25, 0.3) is 0 Å². The molecule has 0 bridgehead atoms. The van der Waals surface area contributed by atoms with E-state index in [4.69, 9.17) is 10.8 Å². The van der Waals surface area contributed by atoms with Gasteiger partial charge in [-0.25, -0.2) is 0 Å². The van der Waals surface area contributed by atoms with Gasteiger partial charge in [0.15, 0.2) is 0 Å². The highest BCUT2D eigenvalue weighted by atomic mass is 16.4. The minimum absolute atomic E-state index is 0.0255. The van der Waals surface area contributed by atoms with Crippen LogP contribution in [0.3, 0.4) is 0 Å². The molecule has 0 fully saturated rings. The minimum Gasteiger partial charge on any atom is -0.480 e. The van der Waals surface area contributed by atoms with E-state index in [2.05, 4.69) is 22.2 Å². The molecular formula is C9H13N5O3. The molecule has 1 atom stereocenters. The second kappa shape index (κ2) is 5.75. The zero-order valence-corrected chi connectivity index (χ0v) is 9.04. The lowest BCUT2D eigenvalue weighted by atomic mass is 10.3. The lowest BCUT2D eigenvalue weighted by Gasteiger charge is -2.04. The molecule has 1 amide bonds. The Hall–Kier alpha value is -2.22. The van der Waals surface area contributed by atoms with Crippen LogP contribution in [0.1, 0.15) is 5.69 Å². The van der Waals surface area contributed by atoms with Crippen LogP contribution in [0.2, 0.25) is 0 Å². The molecular weight excluding hydrogens is 226 g/mol. The summed E-state index contributed by atoms with van der Waals surface area (Å²) < 4.78 is 1.31. The summed E-state index contributed by atoms with van der Waals surface area (Å²) in [7, 11) is 0. The van der Waals surface area contributed by atoms with Crippen LogP contribution < -0.4 is 11.1 Å². The average molecular weight is 239 g/mol. The van der Waals surface area contributed by atoms with Gasteiger partial charge in [0.25, 0.3) is 0 Å². The molecule has 92 valence electrons. The van der Waals surface area contributed by atoms with Crippen LogP contribution in [0.4, 0.5) is 0 Å². The second-order valence-electron chi connectivity index (χ2n) is 3.30. The topological polar surface area (TPSA) is 123 Å². The van der Waals surface area contributed by atoms with Gasteiger partial charge in [-0.2, -0.15) is 0 Å². The van der Waals surface area contributed by atoms with Crippen molar-refractivity contribution in [3.63, 3.8) is 0 Å². The number of amides is 1. The lowest BCUT2D eigenvalue weighted by molar-refractivity contribution is -0.138. The van der Waals surface area contributed by atoms with Crippen LogP contribution in [-0.4, -0.2) is 38.0 Å². The van der Waals surface area contributed by atoms with Crippen LogP contribution in [-0.2, 0) is 22.7 Å². The van der Waals surface area contributed by atoms with Crippen molar-refractivity contribution in [3.05, 3.63) is 24.5 Å². The predicted octanol–water partition coefficient (Wildman–Crippen LogP) is -1.51. The summed E-state index contributed by atoms with van der Waals surface area (Å²) in [6.45, 7) is 3.53. The van der Waals surface area contributed by atoms with Gasteiger partial charge in [0.1, 0.15) is 11.7 Å². The molecule has 1 aromatic heterocycles. The molecule has 1 rings (SSSR count). The molecule has 0 aliphatic carbocycles. The molecule has 1 aromatic rings. The fourth-order valence-corrected chi connectivity index (χ4v) is 1.04. The van der Waals surface area contributed by atoms with Crippen LogP contribution in [0, 0.1) is 0 Å².